The van der Waals surface area contributed by atoms with Crippen LogP contribution in [0, 0.1) is 5.92 Å². The summed E-state index contributed by atoms with van der Waals surface area (Å²) in [6.07, 6.45) is 2.76. The number of hydrogen-bond acceptors (Lipinski definition) is 2. The quantitative estimate of drug-likeness (QED) is 0.556. The number of allylic oxidation sites excluding steroid dienone is 1. The lowest BCUT2D eigenvalue weighted by molar-refractivity contribution is 0.622. The van der Waals surface area contributed by atoms with Crippen molar-refractivity contribution in [2.45, 2.75) is 31.9 Å². The largest absolute Gasteiger partial charge is 0.0811 e. The SMILES string of the molecule is CC(C)C1SSC2=C1CC2. The maximum atomic E-state index is 2.33. The van der Waals surface area contributed by atoms with Crippen LogP contribution in [0.3, 0.4) is 0 Å². The molecule has 0 aromatic heterocycles. The summed E-state index contributed by atoms with van der Waals surface area (Å²) >= 11 is 0. The van der Waals surface area contributed by atoms with Gasteiger partial charge >= 0.3 is 0 Å². The average molecular weight is 172 g/mol. The predicted octanol–water partition coefficient (Wildman–Crippen LogP) is 3.45. The summed E-state index contributed by atoms with van der Waals surface area (Å²) in [5.41, 5.74) is 1.77. The van der Waals surface area contributed by atoms with Gasteiger partial charge in [-0.05, 0) is 29.2 Å². The molecule has 0 aromatic rings. The van der Waals surface area contributed by atoms with E-state index < -0.39 is 0 Å². The smallest absolute Gasteiger partial charge is 0.0397 e. The summed E-state index contributed by atoms with van der Waals surface area (Å²) in [4.78, 5) is 1.70. The molecule has 1 aliphatic heterocycles. The van der Waals surface area contributed by atoms with Gasteiger partial charge in [0.05, 0.1) is 0 Å². The normalized spacial score (nSPS) is 30.9. The lowest BCUT2D eigenvalue weighted by Crippen LogP contribution is -2.15. The molecule has 2 aliphatic rings. The first kappa shape index (κ1) is 7.11. The van der Waals surface area contributed by atoms with Gasteiger partial charge in [0.1, 0.15) is 0 Å². The summed E-state index contributed by atoms with van der Waals surface area (Å²) < 4.78 is 0. The van der Waals surface area contributed by atoms with Crippen molar-refractivity contribution in [3.63, 3.8) is 0 Å². The third kappa shape index (κ3) is 0.928. The van der Waals surface area contributed by atoms with Gasteiger partial charge in [0.15, 0.2) is 0 Å². The van der Waals surface area contributed by atoms with Crippen molar-refractivity contribution in [3.05, 3.63) is 10.5 Å². The molecular weight excluding hydrogens is 160 g/mol. The van der Waals surface area contributed by atoms with Gasteiger partial charge in [-0.2, -0.15) is 0 Å². The molecule has 0 fully saturated rings. The Morgan fingerprint density at radius 1 is 1.40 bits per heavy atom. The summed E-state index contributed by atoms with van der Waals surface area (Å²) in [6.45, 7) is 4.65. The standard InChI is InChI=1S/C8H12S2/c1-5(2)8-6-3-4-7(6)9-10-8/h5,8H,3-4H2,1-2H3. The maximum Gasteiger partial charge on any atom is 0.0397 e. The van der Waals surface area contributed by atoms with Crippen LogP contribution in [-0.4, -0.2) is 5.25 Å². The molecule has 0 amide bonds. The van der Waals surface area contributed by atoms with Crippen LogP contribution < -0.4 is 0 Å². The second kappa shape index (κ2) is 2.49. The van der Waals surface area contributed by atoms with Gasteiger partial charge in [-0.3, -0.25) is 0 Å². The van der Waals surface area contributed by atoms with Gasteiger partial charge in [0, 0.05) is 5.25 Å². The van der Waals surface area contributed by atoms with E-state index in [2.05, 4.69) is 24.6 Å². The van der Waals surface area contributed by atoms with E-state index in [1.807, 2.05) is 10.8 Å². The Kier molecular flexibility index (Phi) is 1.77. The Bertz CT molecular complexity index is 182. The highest BCUT2D eigenvalue weighted by atomic mass is 33.1. The Labute approximate surface area is 70.2 Å². The van der Waals surface area contributed by atoms with E-state index >= 15 is 0 Å². The minimum absolute atomic E-state index is 0.838. The molecule has 0 nitrogen and oxygen atoms in total. The van der Waals surface area contributed by atoms with Crippen molar-refractivity contribution in [2.75, 3.05) is 0 Å². The second-order valence-electron chi connectivity index (χ2n) is 3.29. The second-order valence-corrected chi connectivity index (χ2v) is 5.73. The van der Waals surface area contributed by atoms with Crippen LogP contribution in [0.25, 0.3) is 0 Å². The molecule has 0 saturated carbocycles. The summed E-state index contributed by atoms with van der Waals surface area (Å²) in [5, 5.41) is 0.855. The van der Waals surface area contributed by atoms with Gasteiger partial charge in [0.25, 0.3) is 0 Å². The lowest BCUT2D eigenvalue weighted by Gasteiger charge is -2.22. The van der Waals surface area contributed by atoms with E-state index in [-0.39, 0.29) is 0 Å². The van der Waals surface area contributed by atoms with E-state index in [1.165, 1.54) is 12.8 Å². The van der Waals surface area contributed by atoms with Crippen molar-refractivity contribution < 1.29 is 0 Å². The first-order valence-electron chi connectivity index (χ1n) is 3.84. The zero-order valence-corrected chi connectivity index (χ0v) is 8.02. The minimum atomic E-state index is 0.838. The van der Waals surface area contributed by atoms with Gasteiger partial charge in [-0.1, -0.05) is 35.4 Å². The molecule has 1 heterocycles. The molecule has 0 aromatic carbocycles. The fraction of sp³-hybridized carbons (Fsp3) is 0.750. The highest BCUT2D eigenvalue weighted by Crippen LogP contribution is 2.57. The van der Waals surface area contributed by atoms with E-state index in [9.17, 15) is 0 Å². The zero-order valence-electron chi connectivity index (χ0n) is 6.39. The van der Waals surface area contributed by atoms with Crippen LogP contribution in [0.2, 0.25) is 0 Å². The molecule has 0 saturated heterocycles. The Morgan fingerprint density at radius 3 is 2.50 bits per heavy atom. The minimum Gasteiger partial charge on any atom is -0.0811 e. The Hall–Kier alpha value is 0.440. The topological polar surface area (TPSA) is 0 Å². The molecular formula is C8H12S2. The number of hydrogen-bond donors (Lipinski definition) is 0. The van der Waals surface area contributed by atoms with Gasteiger partial charge in [0.2, 0.25) is 0 Å². The monoisotopic (exact) mass is 172 g/mol. The van der Waals surface area contributed by atoms with E-state index in [4.69, 9.17) is 0 Å². The molecule has 56 valence electrons. The third-order valence-electron chi connectivity index (χ3n) is 2.18. The highest BCUT2D eigenvalue weighted by Gasteiger charge is 2.34. The molecule has 1 aliphatic carbocycles. The first-order chi connectivity index (χ1) is 4.79. The van der Waals surface area contributed by atoms with E-state index in [1.54, 1.807) is 10.5 Å². The first-order valence-corrected chi connectivity index (χ1v) is 6.05. The van der Waals surface area contributed by atoms with Crippen molar-refractivity contribution in [2.24, 2.45) is 5.92 Å². The Morgan fingerprint density at radius 2 is 2.20 bits per heavy atom. The summed E-state index contributed by atoms with van der Waals surface area (Å²) in [7, 11) is 4.10. The van der Waals surface area contributed by atoms with Crippen LogP contribution in [0.1, 0.15) is 26.7 Å². The molecule has 0 N–H and O–H groups in total. The lowest BCUT2D eigenvalue weighted by atomic mass is 9.90. The molecule has 1 unspecified atom stereocenters. The van der Waals surface area contributed by atoms with Crippen LogP contribution in [0.4, 0.5) is 0 Å². The fourth-order valence-corrected chi connectivity index (χ4v) is 5.11. The molecule has 0 spiro atoms. The molecule has 10 heavy (non-hydrogen) atoms. The average Bonchev–Trinajstić information content (AvgIpc) is 2.07. The van der Waals surface area contributed by atoms with Crippen molar-refractivity contribution in [1.29, 1.82) is 0 Å². The van der Waals surface area contributed by atoms with Gasteiger partial charge < -0.3 is 0 Å². The highest BCUT2D eigenvalue weighted by molar-refractivity contribution is 8.78. The zero-order chi connectivity index (χ0) is 7.14. The maximum absolute atomic E-state index is 2.33. The summed E-state index contributed by atoms with van der Waals surface area (Å²) in [6, 6.07) is 0. The molecule has 0 bridgehead atoms. The van der Waals surface area contributed by atoms with Crippen molar-refractivity contribution >= 4 is 21.6 Å². The fourth-order valence-electron chi connectivity index (χ4n) is 1.45. The van der Waals surface area contributed by atoms with Crippen molar-refractivity contribution in [1.82, 2.24) is 0 Å². The van der Waals surface area contributed by atoms with Crippen LogP contribution in [0.5, 0.6) is 0 Å². The number of rotatable bonds is 1. The van der Waals surface area contributed by atoms with Crippen LogP contribution in [-0.2, 0) is 0 Å². The molecule has 1 atom stereocenters. The molecule has 2 heteroatoms. The Balaban J connectivity index is 2.14. The summed E-state index contributed by atoms with van der Waals surface area (Å²) in [5.74, 6) is 0.838. The van der Waals surface area contributed by atoms with E-state index in [0.717, 1.165) is 11.2 Å². The van der Waals surface area contributed by atoms with Crippen LogP contribution >= 0.6 is 21.6 Å². The van der Waals surface area contributed by atoms with E-state index in [0.29, 0.717) is 0 Å². The van der Waals surface area contributed by atoms with Crippen LogP contribution in [0.15, 0.2) is 10.5 Å². The molecule has 0 radical (unpaired) electrons. The van der Waals surface area contributed by atoms with Gasteiger partial charge in [-0.15, -0.1) is 0 Å². The van der Waals surface area contributed by atoms with Crippen molar-refractivity contribution in [3.8, 4) is 0 Å². The third-order valence-corrected chi connectivity index (χ3v) is 5.50. The van der Waals surface area contributed by atoms with Gasteiger partial charge in [-0.25, -0.2) is 0 Å². The predicted molar refractivity (Wildman–Crippen MR) is 50.1 cm³/mol. The molecule has 2 rings (SSSR count).